The van der Waals surface area contributed by atoms with Gasteiger partial charge >= 0.3 is 6.09 Å². The number of aryl methyl sites for hydroxylation is 1. The summed E-state index contributed by atoms with van der Waals surface area (Å²) in [5.74, 6) is 0.743. The molecule has 1 aromatic heterocycles. The van der Waals surface area contributed by atoms with Gasteiger partial charge in [0.2, 0.25) is 5.95 Å². The molecule has 204 valence electrons. The van der Waals surface area contributed by atoms with Crippen LogP contribution in [0.15, 0.2) is 29.1 Å². The molecule has 4 aliphatic rings. The summed E-state index contributed by atoms with van der Waals surface area (Å²) in [6.45, 7) is 10.1. The van der Waals surface area contributed by atoms with Gasteiger partial charge < -0.3 is 19.4 Å². The number of rotatable bonds is 3. The third-order valence-electron chi connectivity index (χ3n) is 8.94. The number of H-pyrrole nitrogens is 1. The van der Waals surface area contributed by atoms with E-state index in [1.54, 1.807) is 0 Å². The Labute approximate surface area is 225 Å². The normalized spacial score (nSPS) is 22.5. The minimum Gasteiger partial charge on any atom is -0.444 e. The van der Waals surface area contributed by atoms with E-state index >= 15 is 0 Å². The van der Waals surface area contributed by atoms with Gasteiger partial charge in [0.05, 0.1) is 11.7 Å². The number of nitrogens with zero attached hydrogens (tertiary/aromatic N) is 4. The number of para-hydroxylation sites is 1. The molecule has 8 heteroatoms. The van der Waals surface area contributed by atoms with E-state index in [1.807, 2.05) is 25.7 Å². The van der Waals surface area contributed by atoms with E-state index in [9.17, 15) is 9.59 Å². The molecule has 6 rings (SSSR count). The van der Waals surface area contributed by atoms with Gasteiger partial charge in [0.1, 0.15) is 5.60 Å². The van der Waals surface area contributed by atoms with Crippen molar-refractivity contribution in [3.63, 3.8) is 0 Å². The van der Waals surface area contributed by atoms with Crippen molar-refractivity contribution in [1.29, 1.82) is 0 Å². The number of amides is 1. The van der Waals surface area contributed by atoms with Crippen molar-refractivity contribution in [2.24, 2.45) is 0 Å². The molecular formula is C30H41N5O3. The topological polar surface area (TPSA) is 81.8 Å². The van der Waals surface area contributed by atoms with E-state index in [0.29, 0.717) is 0 Å². The fourth-order valence-corrected chi connectivity index (χ4v) is 7.05. The fraction of sp³-hybridized carbons (Fsp3) is 0.633. The molecule has 0 radical (unpaired) electrons. The molecule has 3 aliphatic heterocycles. The number of aromatic nitrogens is 2. The Hall–Kier alpha value is -3.03. The Kier molecular flexibility index (Phi) is 6.39. The van der Waals surface area contributed by atoms with Crippen LogP contribution in [0.1, 0.15) is 76.1 Å². The predicted molar refractivity (Wildman–Crippen MR) is 149 cm³/mol. The monoisotopic (exact) mass is 519 g/mol. The highest BCUT2D eigenvalue weighted by molar-refractivity contribution is 5.69. The van der Waals surface area contributed by atoms with E-state index in [4.69, 9.17) is 9.72 Å². The van der Waals surface area contributed by atoms with Crippen LogP contribution in [0.25, 0.3) is 0 Å². The van der Waals surface area contributed by atoms with Crippen molar-refractivity contribution in [2.75, 3.05) is 42.5 Å². The van der Waals surface area contributed by atoms with Crippen molar-refractivity contribution in [3.8, 4) is 0 Å². The van der Waals surface area contributed by atoms with Crippen LogP contribution in [0.3, 0.4) is 0 Å². The molecular weight excluding hydrogens is 478 g/mol. The molecule has 2 aromatic rings. The van der Waals surface area contributed by atoms with Crippen molar-refractivity contribution < 1.29 is 9.53 Å². The van der Waals surface area contributed by atoms with Gasteiger partial charge in [-0.05, 0) is 83.8 Å². The Balaban J connectivity index is 1.18. The van der Waals surface area contributed by atoms with Crippen LogP contribution >= 0.6 is 0 Å². The average Bonchev–Trinajstić information content (AvgIpc) is 3.47. The van der Waals surface area contributed by atoms with Crippen LogP contribution in [0.4, 0.5) is 16.4 Å². The number of hydrogen-bond donors (Lipinski definition) is 1. The summed E-state index contributed by atoms with van der Waals surface area (Å²) < 4.78 is 5.72. The van der Waals surface area contributed by atoms with Gasteiger partial charge in [-0.1, -0.05) is 18.2 Å². The van der Waals surface area contributed by atoms with E-state index in [2.05, 4.69) is 39.0 Å². The second-order valence-electron chi connectivity index (χ2n) is 12.7. The molecule has 1 amide bonds. The zero-order valence-electron chi connectivity index (χ0n) is 23.1. The summed E-state index contributed by atoms with van der Waals surface area (Å²) in [7, 11) is 0. The molecule has 2 saturated heterocycles. The van der Waals surface area contributed by atoms with Gasteiger partial charge in [0.25, 0.3) is 5.56 Å². The van der Waals surface area contributed by atoms with E-state index in [1.165, 1.54) is 11.3 Å². The number of piperidine rings is 1. The lowest BCUT2D eigenvalue weighted by Crippen LogP contribution is -2.49. The zero-order valence-corrected chi connectivity index (χ0v) is 23.1. The summed E-state index contributed by atoms with van der Waals surface area (Å²) >= 11 is 0. The molecule has 38 heavy (non-hydrogen) atoms. The first-order valence-electron chi connectivity index (χ1n) is 14.4. The number of aromatic amines is 1. The highest BCUT2D eigenvalue weighted by Crippen LogP contribution is 2.47. The second-order valence-corrected chi connectivity index (χ2v) is 12.7. The summed E-state index contributed by atoms with van der Waals surface area (Å²) in [4.78, 5) is 40.4. The predicted octanol–water partition coefficient (Wildman–Crippen LogP) is 4.41. The van der Waals surface area contributed by atoms with Crippen molar-refractivity contribution in [1.82, 2.24) is 14.9 Å². The Morgan fingerprint density at radius 1 is 1.11 bits per heavy atom. The Morgan fingerprint density at radius 3 is 2.66 bits per heavy atom. The molecule has 1 aromatic carbocycles. The maximum atomic E-state index is 12.9. The number of likely N-dealkylation sites (tertiary alicyclic amines) is 1. The molecule has 1 spiro atoms. The number of anilines is 2. The Morgan fingerprint density at radius 2 is 1.87 bits per heavy atom. The van der Waals surface area contributed by atoms with E-state index in [-0.39, 0.29) is 23.1 Å². The second kappa shape index (κ2) is 9.62. The summed E-state index contributed by atoms with van der Waals surface area (Å²) in [6, 6.07) is 8.98. The first kappa shape index (κ1) is 25.3. The molecule has 4 heterocycles. The quantitative estimate of drug-likeness (QED) is 0.647. The lowest BCUT2D eigenvalue weighted by Gasteiger charge is -2.40. The number of hydrogen-bond acceptors (Lipinski definition) is 6. The van der Waals surface area contributed by atoms with Crippen molar-refractivity contribution >= 4 is 17.7 Å². The largest absolute Gasteiger partial charge is 0.444 e. The minimum absolute atomic E-state index is 0.0495. The van der Waals surface area contributed by atoms with Crippen molar-refractivity contribution in [2.45, 2.75) is 89.2 Å². The number of fused-ring (bicyclic) bond motifs is 3. The van der Waals surface area contributed by atoms with Gasteiger partial charge in [0.15, 0.2) is 0 Å². The van der Waals surface area contributed by atoms with Gasteiger partial charge in [0, 0.05) is 49.4 Å². The summed E-state index contributed by atoms with van der Waals surface area (Å²) in [6.07, 6.45) is 7.82. The lowest BCUT2D eigenvalue weighted by molar-refractivity contribution is 0.0231. The van der Waals surface area contributed by atoms with E-state index in [0.717, 1.165) is 101 Å². The molecule has 1 atom stereocenters. The SMILES string of the molecule is CC(C)(C)OC(=O)N1CCC[C@H]1CN1CC2(CCN(c3nc4c(c(=O)[nH]3)CCCC4)CC2)c2ccccc21. The third kappa shape index (κ3) is 4.67. The minimum atomic E-state index is -0.486. The molecule has 0 bridgehead atoms. The van der Waals surface area contributed by atoms with Gasteiger partial charge in [-0.2, -0.15) is 0 Å². The third-order valence-corrected chi connectivity index (χ3v) is 8.94. The van der Waals surface area contributed by atoms with Crippen LogP contribution in [0.5, 0.6) is 0 Å². The van der Waals surface area contributed by atoms with E-state index < -0.39 is 5.60 Å². The van der Waals surface area contributed by atoms with Crippen molar-refractivity contribution in [3.05, 3.63) is 51.4 Å². The lowest BCUT2D eigenvalue weighted by atomic mass is 9.74. The standard InChI is InChI=1S/C30H41N5O3/c1-29(2,3)38-28(37)35-16-8-9-21(35)19-34-20-30(23-11-5-7-13-25(23)34)14-17-33(18-15-30)27-31-24-12-6-4-10-22(24)26(36)32-27/h5,7,11,13,21H,4,6,8-10,12,14-20H2,1-3H3,(H,31,32,36)/t21-/m0/s1. The maximum Gasteiger partial charge on any atom is 0.410 e. The van der Waals surface area contributed by atoms with Crippen LogP contribution < -0.4 is 15.4 Å². The molecule has 0 unspecified atom stereocenters. The van der Waals surface area contributed by atoms with Gasteiger partial charge in [-0.15, -0.1) is 0 Å². The van der Waals surface area contributed by atoms with Crippen LogP contribution in [-0.4, -0.2) is 65.3 Å². The van der Waals surface area contributed by atoms with Crippen LogP contribution in [-0.2, 0) is 23.0 Å². The smallest absolute Gasteiger partial charge is 0.410 e. The number of carbonyl (C=O) groups excluding carboxylic acids is 1. The number of nitrogens with one attached hydrogen (secondary N) is 1. The van der Waals surface area contributed by atoms with Gasteiger partial charge in [-0.3, -0.25) is 9.78 Å². The zero-order chi connectivity index (χ0) is 26.5. The molecule has 1 aliphatic carbocycles. The average molecular weight is 520 g/mol. The maximum absolute atomic E-state index is 12.9. The highest BCUT2D eigenvalue weighted by Gasteiger charge is 2.46. The number of ether oxygens (including phenoxy) is 1. The number of benzene rings is 1. The number of carbonyl (C=O) groups is 1. The Bertz CT molecular complexity index is 1260. The molecule has 2 fully saturated rings. The molecule has 8 nitrogen and oxygen atoms in total. The summed E-state index contributed by atoms with van der Waals surface area (Å²) in [5, 5.41) is 0. The van der Waals surface area contributed by atoms with Crippen LogP contribution in [0, 0.1) is 0 Å². The first-order valence-corrected chi connectivity index (χ1v) is 14.4. The van der Waals surface area contributed by atoms with Crippen LogP contribution in [0.2, 0.25) is 0 Å². The molecule has 0 saturated carbocycles. The summed E-state index contributed by atoms with van der Waals surface area (Å²) in [5.41, 5.74) is 4.26. The van der Waals surface area contributed by atoms with Gasteiger partial charge in [-0.25, -0.2) is 9.78 Å². The first-order chi connectivity index (χ1) is 18.2. The molecule has 1 N–H and O–H groups in total. The highest BCUT2D eigenvalue weighted by atomic mass is 16.6. The fourth-order valence-electron chi connectivity index (χ4n) is 7.05.